The Morgan fingerprint density at radius 1 is 0.247 bits per heavy atom. The maximum absolute atomic E-state index is 7.83. The van der Waals surface area contributed by atoms with E-state index in [0.717, 1.165) is 74.8 Å². The fraction of sp³-hybridized carbons (Fsp3) is 0.889. The van der Waals surface area contributed by atoms with Crippen molar-refractivity contribution in [1.29, 1.82) is 0 Å². The van der Waals surface area contributed by atoms with Crippen molar-refractivity contribution in [3.8, 4) is 0 Å². The van der Waals surface area contributed by atoms with Crippen LogP contribution in [-0.4, -0.2) is 90.4 Å². The molecule has 0 saturated heterocycles. The molecule has 6 N–H and O–H groups in total. The van der Waals surface area contributed by atoms with Crippen molar-refractivity contribution in [1.82, 2.24) is 31.9 Å². The molecule has 31 heteroatoms. The Bertz CT molecular complexity index is 1120. The second kappa shape index (κ2) is 113. The van der Waals surface area contributed by atoms with Gasteiger partial charge < -0.3 is 181 Å². The molecule has 0 rings (SSSR count). The molecule has 0 radical (unpaired) electrons. The van der Waals surface area contributed by atoms with Crippen LogP contribution >= 0.6 is 73.3 Å². The van der Waals surface area contributed by atoms with Crippen LogP contribution in [0.25, 0.3) is 0 Å². The van der Waals surface area contributed by atoms with Crippen LogP contribution in [0, 0.1) is 35.5 Å². The van der Waals surface area contributed by atoms with Gasteiger partial charge in [0.1, 0.15) is 0 Å². The summed E-state index contributed by atoms with van der Waals surface area (Å²) in [6.07, 6.45) is 30.5. The van der Waals surface area contributed by atoms with Crippen LogP contribution in [-0.2, 0) is 172 Å². The molecule has 0 spiro atoms. The molecule has 0 aliphatic heterocycles. The zero-order valence-electron chi connectivity index (χ0n) is 52.9. The fourth-order valence-electron chi connectivity index (χ4n) is 7.03. The molecule has 0 aliphatic carbocycles. The van der Waals surface area contributed by atoms with Crippen molar-refractivity contribution < 1.29 is 46.3 Å². The van der Waals surface area contributed by atoms with Gasteiger partial charge in [0.15, 0.2) is 75.2 Å². The minimum Gasteiger partial charge on any atom is -0.412 e. The summed E-state index contributed by atoms with van der Waals surface area (Å²) in [6, 6.07) is 0. The smallest absolute Gasteiger partial charge is 0.412 e. The molecule has 0 fully saturated rings. The second-order valence-electron chi connectivity index (χ2n) is 18.5. The molecule has 0 amide bonds. The summed E-state index contributed by atoms with van der Waals surface area (Å²) in [5.41, 5.74) is 0. The van der Waals surface area contributed by atoms with Gasteiger partial charge in [0.05, 0.1) is 0 Å². The fourth-order valence-corrected chi connectivity index (χ4v) is 8.03. The quantitative estimate of drug-likeness (QED) is 0.0198. The largest absolute Gasteiger partial charge is 6.00 e. The summed E-state index contributed by atoms with van der Waals surface area (Å²) < 4.78 is 50.0. The molecular formula is C54H108MoN6O6S18. The molecule has 12 nitrogen and oxygen atoms in total. The Balaban J connectivity index is -0.0000000639. The van der Waals surface area contributed by atoms with E-state index in [2.05, 4.69) is 190 Å². The summed E-state index contributed by atoms with van der Waals surface area (Å²) in [6.45, 7) is 32.4. The molecule has 0 aromatic rings. The standard InChI is InChI=1S/6C9H19NS2.Mo.6OS/c6*1-3-5-6-8(4-2)7-10-9(11)12;;6*1-2/h6*8H,3-7H2,1-2H3,(H2,10,11,12);;;;;;;/q;;;;;;+6;;;;;;/p-6. The molecule has 0 aromatic carbocycles. The maximum Gasteiger partial charge on any atom is 6.00 e. The second-order valence-corrected chi connectivity index (χ2v) is 25.0. The van der Waals surface area contributed by atoms with Crippen molar-refractivity contribution in [2.24, 2.45) is 35.5 Å². The van der Waals surface area contributed by atoms with Crippen LogP contribution in [0.2, 0.25) is 0 Å². The van der Waals surface area contributed by atoms with Crippen LogP contribution in [0.15, 0.2) is 0 Å². The van der Waals surface area contributed by atoms with E-state index in [1.807, 2.05) is 0 Å². The molecule has 6 atom stereocenters. The summed E-state index contributed by atoms with van der Waals surface area (Å²) in [7, 11) is 0. The normalized spacial score (nSPS) is 10.9. The van der Waals surface area contributed by atoms with E-state index in [4.69, 9.17) is 174 Å². The van der Waals surface area contributed by atoms with Gasteiger partial charge in [-0.2, -0.15) is 25.3 Å². The van der Waals surface area contributed by atoms with Crippen LogP contribution < -0.4 is 31.9 Å². The number of hydrogen-bond acceptors (Lipinski definition) is 24. The van der Waals surface area contributed by atoms with Gasteiger partial charge in [0.2, 0.25) is 0 Å². The Labute approximate surface area is 633 Å². The topological polar surface area (TPSA) is 175 Å². The van der Waals surface area contributed by atoms with Crippen LogP contribution in [0.5, 0.6) is 0 Å². The molecule has 504 valence electrons. The van der Waals surface area contributed by atoms with E-state index in [-0.39, 0.29) is 21.1 Å². The molecule has 85 heavy (non-hydrogen) atoms. The van der Waals surface area contributed by atoms with E-state index >= 15 is 0 Å². The Morgan fingerprint density at radius 2 is 0.341 bits per heavy atom. The number of unbranched alkanes of at least 4 members (excludes halogenated alkanes) is 6. The molecule has 0 heterocycles. The van der Waals surface area contributed by atoms with E-state index < -0.39 is 0 Å². The first-order chi connectivity index (χ1) is 40.2. The number of nitrogens with one attached hydrogen (secondary N) is 6. The maximum atomic E-state index is 7.83. The van der Waals surface area contributed by atoms with Gasteiger partial charge in [-0.05, 0) is 74.0 Å². The third-order valence-electron chi connectivity index (χ3n) is 12.5. The van der Waals surface area contributed by atoms with Crippen LogP contribution in [0.1, 0.15) is 237 Å². The van der Waals surface area contributed by atoms with Gasteiger partial charge in [-0.15, -0.1) is 0 Å². The predicted octanol–water partition coefficient (Wildman–Crippen LogP) is 13.7. The third-order valence-corrected chi connectivity index (χ3v) is 14.2. The van der Waals surface area contributed by atoms with Gasteiger partial charge in [-0.25, -0.2) is 0 Å². The zero-order chi connectivity index (χ0) is 68.4. The summed E-state index contributed by atoms with van der Waals surface area (Å²) >= 11 is 74.3. The summed E-state index contributed by atoms with van der Waals surface area (Å²) in [4.78, 5) is 0. The first-order valence-electron chi connectivity index (χ1n) is 28.9. The molecule has 0 bridgehead atoms. The number of hydrogen-bond donors (Lipinski definition) is 6. The Hall–Kier alpha value is 1.47. The third kappa shape index (κ3) is 131. The summed E-state index contributed by atoms with van der Waals surface area (Å²) in [5, 5.41) is 18.3. The van der Waals surface area contributed by atoms with Crippen molar-refractivity contribution in [2.75, 3.05) is 39.3 Å². The van der Waals surface area contributed by atoms with Crippen molar-refractivity contribution in [3.63, 3.8) is 0 Å². The zero-order valence-corrected chi connectivity index (χ0v) is 69.6. The van der Waals surface area contributed by atoms with Crippen LogP contribution in [0.3, 0.4) is 0 Å². The average Bonchev–Trinajstić information content (AvgIpc) is 3.51. The first kappa shape index (κ1) is 117. The molecule has 0 aliphatic rings. The van der Waals surface area contributed by atoms with E-state index in [9.17, 15) is 0 Å². The molecule has 0 aromatic heterocycles. The van der Waals surface area contributed by atoms with Crippen molar-refractivity contribution >= 4 is 250 Å². The molecular weight excluding hydrogens is 1500 g/mol. The average molecular weight is 1610 g/mol. The van der Waals surface area contributed by atoms with Crippen molar-refractivity contribution in [3.05, 3.63) is 0 Å². The van der Waals surface area contributed by atoms with E-state index in [0.29, 0.717) is 25.9 Å². The minimum atomic E-state index is 0. The van der Waals surface area contributed by atoms with Crippen LogP contribution in [0.4, 0.5) is 0 Å². The Kier molecular flexibility index (Phi) is 156. The summed E-state index contributed by atoms with van der Waals surface area (Å²) in [5.74, 6) is 4.45. The van der Waals surface area contributed by atoms with Crippen molar-refractivity contribution in [2.45, 2.75) is 237 Å². The molecule has 6 unspecified atom stereocenters. The van der Waals surface area contributed by atoms with Gasteiger partial charge in [0.25, 0.3) is 0 Å². The monoisotopic (exact) mass is 1610 g/mol. The van der Waals surface area contributed by atoms with Gasteiger partial charge in [0, 0.05) is 39.3 Å². The number of thiocarbonyl (C=S) groups is 6. The van der Waals surface area contributed by atoms with Gasteiger partial charge in [-0.3, -0.25) is 0 Å². The first-order valence-corrected chi connectivity index (χ1v) is 35.8. The Morgan fingerprint density at radius 3 is 0.400 bits per heavy atom. The number of rotatable bonds is 36. The van der Waals surface area contributed by atoms with E-state index in [1.54, 1.807) is 0 Å². The minimum absolute atomic E-state index is 0. The van der Waals surface area contributed by atoms with Gasteiger partial charge >= 0.3 is 21.1 Å². The van der Waals surface area contributed by atoms with Gasteiger partial charge in [-0.1, -0.05) is 225 Å². The van der Waals surface area contributed by atoms with E-state index in [1.165, 1.54) is 154 Å². The SMILES string of the molecule is CCCCC(CC)CNC(=S)[S-].CCCCC(CC)CNC(=S)[S-].CCCCC(CC)CNC(=S)[S-].CCCCC(CC)CNC(=S)[S-].CCCCC(CC)CNC(=S)[S-].CCCCC(CC)CNC(=S)[S-].O=S.O=S.O=S.O=S.O=S.O=S.[Mo+6]. The molecule has 0 saturated carbocycles. The predicted molar refractivity (Wildman–Crippen MR) is 416 cm³/mol.